The molecule has 0 aromatic heterocycles. The van der Waals surface area contributed by atoms with Crippen LogP contribution in [-0.2, 0) is 19.1 Å². The Labute approximate surface area is 82.1 Å². The van der Waals surface area contributed by atoms with Crippen LogP contribution in [0.25, 0.3) is 0 Å². The molecule has 0 bridgehead atoms. The van der Waals surface area contributed by atoms with Crippen LogP contribution in [0.2, 0.25) is 0 Å². The highest BCUT2D eigenvalue weighted by Gasteiger charge is 2.27. The Morgan fingerprint density at radius 3 is 2.15 bits per heavy atom. The molecular weight excluding hydrogens is 196 g/mol. The van der Waals surface area contributed by atoms with E-state index in [2.05, 4.69) is 9.47 Å². The van der Waals surface area contributed by atoms with Gasteiger partial charge in [0, 0.05) is 0 Å². The molecule has 0 heterocycles. The molecule has 0 saturated carbocycles. The van der Waals surface area contributed by atoms with Gasteiger partial charge >= 0.3 is 11.9 Å². The summed E-state index contributed by atoms with van der Waals surface area (Å²) in [6.45, 7) is 3.64. The summed E-state index contributed by atoms with van der Waals surface area (Å²) in [5.74, 6) is -2.03. The largest absolute Gasteiger partial charge is 0.465 e. The Morgan fingerprint density at radius 2 is 1.77 bits per heavy atom. The summed E-state index contributed by atoms with van der Waals surface area (Å²) in [5.41, 5.74) is 0. The standard InChI is InChI=1S/C8H13ClO4/c1-3-6(7(10)12-4-2)8(11)13-5-9/h6H,3-5H2,1-2H3. The normalized spacial score (nSPS) is 11.9. The smallest absolute Gasteiger partial charge is 0.321 e. The molecule has 0 N–H and O–H groups in total. The highest BCUT2D eigenvalue weighted by molar-refractivity contribution is 6.17. The lowest BCUT2D eigenvalue weighted by Gasteiger charge is -2.11. The first-order valence-electron chi connectivity index (χ1n) is 4.06. The number of halogens is 1. The number of hydrogen-bond acceptors (Lipinski definition) is 4. The van der Waals surface area contributed by atoms with Crippen LogP contribution in [0.5, 0.6) is 0 Å². The van der Waals surface area contributed by atoms with Gasteiger partial charge < -0.3 is 9.47 Å². The van der Waals surface area contributed by atoms with E-state index in [1.54, 1.807) is 13.8 Å². The Hall–Kier alpha value is -0.770. The fourth-order valence-electron chi connectivity index (χ4n) is 0.827. The van der Waals surface area contributed by atoms with Crippen molar-refractivity contribution >= 4 is 23.5 Å². The Bertz CT molecular complexity index is 163. The van der Waals surface area contributed by atoms with Crippen molar-refractivity contribution in [2.45, 2.75) is 20.3 Å². The third-order valence-electron chi connectivity index (χ3n) is 1.46. The van der Waals surface area contributed by atoms with E-state index in [-0.39, 0.29) is 12.7 Å². The predicted molar refractivity (Wildman–Crippen MR) is 47.2 cm³/mol. The monoisotopic (exact) mass is 208 g/mol. The number of carbonyl (C=O) groups is 2. The first-order valence-corrected chi connectivity index (χ1v) is 4.60. The Balaban J connectivity index is 4.15. The molecule has 0 rings (SSSR count). The second-order valence-corrected chi connectivity index (χ2v) is 2.50. The van der Waals surface area contributed by atoms with Crippen LogP contribution in [0.3, 0.4) is 0 Å². The molecule has 5 heteroatoms. The van der Waals surface area contributed by atoms with Crippen molar-refractivity contribution in [1.82, 2.24) is 0 Å². The summed E-state index contributed by atoms with van der Waals surface area (Å²) in [7, 11) is 0. The van der Waals surface area contributed by atoms with Crippen LogP contribution >= 0.6 is 11.6 Å². The van der Waals surface area contributed by atoms with Crippen LogP contribution in [-0.4, -0.2) is 24.6 Å². The molecule has 1 unspecified atom stereocenters. The maximum absolute atomic E-state index is 11.1. The molecule has 0 radical (unpaired) electrons. The molecule has 0 aromatic rings. The van der Waals surface area contributed by atoms with Gasteiger partial charge in [0.2, 0.25) is 0 Å². The van der Waals surface area contributed by atoms with Crippen molar-refractivity contribution in [3.63, 3.8) is 0 Å². The summed E-state index contributed by atoms with van der Waals surface area (Å²) in [4.78, 5) is 22.2. The lowest BCUT2D eigenvalue weighted by Crippen LogP contribution is -2.27. The van der Waals surface area contributed by atoms with E-state index in [4.69, 9.17) is 11.6 Å². The van der Waals surface area contributed by atoms with Crippen molar-refractivity contribution < 1.29 is 19.1 Å². The number of alkyl halides is 1. The maximum atomic E-state index is 11.1. The second-order valence-electron chi connectivity index (χ2n) is 2.29. The van der Waals surface area contributed by atoms with Gasteiger partial charge in [-0.15, -0.1) is 0 Å². The summed E-state index contributed by atoms with van der Waals surface area (Å²) in [5, 5.41) is 0. The van der Waals surface area contributed by atoms with Crippen molar-refractivity contribution in [2.24, 2.45) is 5.92 Å². The van der Waals surface area contributed by atoms with Gasteiger partial charge in [-0.3, -0.25) is 9.59 Å². The van der Waals surface area contributed by atoms with Gasteiger partial charge in [0.15, 0.2) is 12.0 Å². The highest BCUT2D eigenvalue weighted by atomic mass is 35.5. The minimum Gasteiger partial charge on any atom is -0.465 e. The molecule has 76 valence electrons. The lowest BCUT2D eigenvalue weighted by atomic mass is 10.1. The van der Waals surface area contributed by atoms with Crippen LogP contribution < -0.4 is 0 Å². The number of hydrogen-bond donors (Lipinski definition) is 0. The SMILES string of the molecule is CCOC(=O)C(CC)C(=O)OCCl. The average molecular weight is 209 g/mol. The van der Waals surface area contributed by atoms with Crippen LogP contribution in [0.4, 0.5) is 0 Å². The fourth-order valence-corrected chi connectivity index (χ4v) is 0.934. The van der Waals surface area contributed by atoms with Crippen molar-refractivity contribution in [1.29, 1.82) is 0 Å². The van der Waals surface area contributed by atoms with Gasteiger partial charge in [-0.2, -0.15) is 0 Å². The molecule has 4 nitrogen and oxygen atoms in total. The van der Waals surface area contributed by atoms with E-state index in [1.165, 1.54) is 0 Å². The molecule has 0 aliphatic rings. The Morgan fingerprint density at radius 1 is 1.23 bits per heavy atom. The minimum absolute atomic E-state index is 0.241. The number of ether oxygens (including phenoxy) is 2. The first-order chi connectivity index (χ1) is 6.17. The third kappa shape index (κ3) is 4.12. The van der Waals surface area contributed by atoms with E-state index in [9.17, 15) is 9.59 Å². The van der Waals surface area contributed by atoms with Crippen molar-refractivity contribution in [3.8, 4) is 0 Å². The number of carbonyl (C=O) groups excluding carboxylic acids is 2. The van der Waals surface area contributed by atoms with Gasteiger partial charge in [-0.1, -0.05) is 18.5 Å². The van der Waals surface area contributed by atoms with Crippen molar-refractivity contribution in [2.75, 3.05) is 12.7 Å². The fraction of sp³-hybridized carbons (Fsp3) is 0.750. The van der Waals surface area contributed by atoms with Crippen LogP contribution in [0.15, 0.2) is 0 Å². The van der Waals surface area contributed by atoms with Gasteiger partial charge in [0.25, 0.3) is 0 Å². The van der Waals surface area contributed by atoms with E-state index in [0.717, 1.165) is 0 Å². The maximum Gasteiger partial charge on any atom is 0.321 e. The summed E-state index contributed by atoms with van der Waals surface area (Å²) in [6.07, 6.45) is 0.356. The topological polar surface area (TPSA) is 52.6 Å². The zero-order chi connectivity index (χ0) is 10.3. The van der Waals surface area contributed by atoms with Gasteiger partial charge in [0.05, 0.1) is 6.61 Å². The second kappa shape index (κ2) is 6.71. The molecule has 0 aromatic carbocycles. The molecule has 0 spiro atoms. The zero-order valence-electron chi connectivity index (χ0n) is 7.71. The molecule has 0 aliphatic heterocycles. The van der Waals surface area contributed by atoms with E-state index in [1.807, 2.05) is 0 Å². The Kier molecular flexibility index (Phi) is 6.32. The van der Waals surface area contributed by atoms with Crippen LogP contribution in [0.1, 0.15) is 20.3 Å². The highest BCUT2D eigenvalue weighted by Crippen LogP contribution is 2.08. The summed E-state index contributed by atoms with van der Waals surface area (Å²) in [6, 6.07) is -0.241. The summed E-state index contributed by atoms with van der Waals surface area (Å²) < 4.78 is 9.17. The van der Waals surface area contributed by atoms with Crippen molar-refractivity contribution in [3.05, 3.63) is 0 Å². The number of rotatable bonds is 5. The first kappa shape index (κ1) is 12.2. The number of esters is 2. The molecule has 0 fully saturated rings. The molecule has 1 atom stereocenters. The molecular formula is C8H13ClO4. The quantitative estimate of drug-likeness (QED) is 0.389. The average Bonchev–Trinajstić information content (AvgIpc) is 2.06. The lowest BCUT2D eigenvalue weighted by molar-refractivity contribution is -0.160. The predicted octanol–water partition coefficient (Wildman–Crippen LogP) is 1.32. The summed E-state index contributed by atoms with van der Waals surface area (Å²) >= 11 is 5.18. The van der Waals surface area contributed by atoms with Gasteiger partial charge in [-0.25, -0.2) is 0 Å². The molecule has 0 aliphatic carbocycles. The van der Waals surface area contributed by atoms with Gasteiger partial charge in [-0.05, 0) is 13.3 Å². The van der Waals surface area contributed by atoms with E-state index in [0.29, 0.717) is 6.42 Å². The van der Waals surface area contributed by atoms with Crippen LogP contribution in [0, 0.1) is 5.92 Å². The molecule has 13 heavy (non-hydrogen) atoms. The van der Waals surface area contributed by atoms with Gasteiger partial charge in [0.1, 0.15) is 0 Å². The van der Waals surface area contributed by atoms with E-state index < -0.39 is 17.9 Å². The minimum atomic E-state index is -0.848. The molecule has 0 amide bonds. The third-order valence-corrected chi connectivity index (χ3v) is 1.57. The zero-order valence-corrected chi connectivity index (χ0v) is 8.47. The van der Waals surface area contributed by atoms with E-state index >= 15 is 0 Å². The molecule has 0 saturated heterocycles.